The second-order valence-electron chi connectivity index (χ2n) is 6.12. The molecule has 2 fully saturated rings. The van der Waals surface area contributed by atoms with Crippen LogP contribution in [0.5, 0.6) is 5.75 Å². The van der Waals surface area contributed by atoms with E-state index < -0.39 is 0 Å². The van der Waals surface area contributed by atoms with E-state index in [9.17, 15) is 4.79 Å². The van der Waals surface area contributed by atoms with Gasteiger partial charge in [-0.25, -0.2) is 0 Å². The molecular formula is C17H24N2O2. The maximum absolute atomic E-state index is 12.6. The van der Waals surface area contributed by atoms with Crippen LogP contribution in [0.25, 0.3) is 0 Å². The molecule has 3 rings (SSSR count). The Morgan fingerprint density at radius 1 is 1.14 bits per heavy atom. The summed E-state index contributed by atoms with van der Waals surface area (Å²) in [4.78, 5) is 17.1. The van der Waals surface area contributed by atoms with Gasteiger partial charge in [-0.2, -0.15) is 0 Å². The van der Waals surface area contributed by atoms with Crippen LogP contribution in [0.2, 0.25) is 0 Å². The summed E-state index contributed by atoms with van der Waals surface area (Å²) in [5.41, 5.74) is 0.756. The van der Waals surface area contributed by atoms with Gasteiger partial charge in [-0.15, -0.1) is 0 Å². The molecule has 0 radical (unpaired) electrons. The summed E-state index contributed by atoms with van der Waals surface area (Å²) < 4.78 is 5.14. The normalized spacial score (nSPS) is 20.1. The van der Waals surface area contributed by atoms with Crippen LogP contribution in [0.15, 0.2) is 24.3 Å². The van der Waals surface area contributed by atoms with Gasteiger partial charge in [0.1, 0.15) is 5.75 Å². The van der Waals surface area contributed by atoms with Crippen LogP contribution in [0, 0.1) is 5.92 Å². The average Bonchev–Trinajstić information content (AvgIpc) is 3.35. The summed E-state index contributed by atoms with van der Waals surface area (Å²) in [5, 5.41) is 0. The summed E-state index contributed by atoms with van der Waals surface area (Å²) >= 11 is 0. The van der Waals surface area contributed by atoms with E-state index in [2.05, 4.69) is 4.90 Å². The highest BCUT2D eigenvalue weighted by Crippen LogP contribution is 2.30. The highest BCUT2D eigenvalue weighted by atomic mass is 16.5. The lowest BCUT2D eigenvalue weighted by atomic mass is 10.2. The van der Waals surface area contributed by atoms with Crippen molar-refractivity contribution in [1.29, 1.82) is 0 Å². The van der Waals surface area contributed by atoms with Crippen molar-refractivity contribution in [3.63, 3.8) is 0 Å². The lowest BCUT2D eigenvalue weighted by Crippen LogP contribution is -2.35. The zero-order chi connectivity index (χ0) is 14.7. The van der Waals surface area contributed by atoms with E-state index in [1.807, 2.05) is 29.2 Å². The van der Waals surface area contributed by atoms with Crippen molar-refractivity contribution in [3.8, 4) is 5.75 Å². The Morgan fingerprint density at radius 2 is 1.90 bits per heavy atom. The molecule has 4 nitrogen and oxygen atoms in total. The fourth-order valence-electron chi connectivity index (χ4n) is 2.94. The smallest absolute Gasteiger partial charge is 0.253 e. The Kier molecular flexibility index (Phi) is 4.44. The molecule has 0 N–H and O–H groups in total. The van der Waals surface area contributed by atoms with E-state index in [1.165, 1.54) is 19.4 Å². The summed E-state index contributed by atoms with van der Waals surface area (Å²) in [5.74, 6) is 1.86. The van der Waals surface area contributed by atoms with E-state index in [0.717, 1.165) is 49.8 Å². The minimum Gasteiger partial charge on any atom is -0.497 e. The fraction of sp³-hybridized carbons (Fsp3) is 0.588. The number of ether oxygens (including phenoxy) is 1. The van der Waals surface area contributed by atoms with Crippen LogP contribution >= 0.6 is 0 Å². The first-order valence-corrected chi connectivity index (χ1v) is 7.92. The molecule has 1 heterocycles. The number of nitrogens with zero attached hydrogens (tertiary/aromatic N) is 2. The largest absolute Gasteiger partial charge is 0.497 e. The fourth-order valence-corrected chi connectivity index (χ4v) is 2.94. The van der Waals surface area contributed by atoms with Crippen LogP contribution in [0.3, 0.4) is 0 Å². The SMILES string of the molecule is COc1ccc(C(=O)N2CCCN(CC3CC3)CC2)cc1. The lowest BCUT2D eigenvalue weighted by Gasteiger charge is -2.22. The van der Waals surface area contributed by atoms with Crippen molar-refractivity contribution in [2.45, 2.75) is 19.3 Å². The molecule has 1 aliphatic heterocycles. The van der Waals surface area contributed by atoms with Crippen molar-refractivity contribution >= 4 is 5.91 Å². The van der Waals surface area contributed by atoms with Gasteiger partial charge in [0.15, 0.2) is 0 Å². The van der Waals surface area contributed by atoms with E-state index in [0.29, 0.717) is 0 Å². The van der Waals surface area contributed by atoms with Gasteiger partial charge in [0.2, 0.25) is 0 Å². The third kappa shape index (κ3) is 3.76. The van der Waals surface area contributed by atoms with Crippen molar-refractivity contribution in [2.24, 2.45) is 5.92 Å². The van der Waals surface area contributed by atoms with Crippen LogP contribution in [-0.2, 0) is 0 Å². The first-order valence-electron chi connectivity index (χ1n) is 7.92. The molecule has 1 saturated carbocycles. The highest BCUT2D eigenvalue weighted by molar-refractivity contribution is 5.94. The van der Waals surface area contributed by atoms with Crippen molar-refractivity contribution in [2.75, 3.05) is 39.8 Å². The predicted octanol–water partition coefficient (Wildman–Crippen LogP) is 2.25. The molecule has 1 aromatic carbocycles. The van der Waals surface area contributed by atoms with Gasteiger partial charge in [-0.3, -0.25) is 4.79 Å². The van der Waals surface area contributed by atoms with Crippen LogP contribution in [-0.4, -0.2) is 55.5 Å². The number of rotatable bonds is 4. The van der Waals surface area contributed by atoms with E-state index in [1.54, 1.807) is 7.11 Å². The Bertz CT molecular complexity index is 482. The molecule has 2 aliphatic rings. The second kappa shape index (κ2) is 6.48. The van der Waals surface area contributed by atoms with Crippen LogP contribution in [0.4, 0.5) is 0 Å². The lowest BCUT2D eigenvalue weighted by molar-refractivity contribution is 0.0761. The first kappa shape index (κ1) is 14.4. The topological polar surface area (TPSA) is 32.8 Å². The molecule has 21 heavy (non-hydrogen) atoms. The Morgan fingerprint density at radius 3 is 2.57 bits per heavy atom. The maximum Gasteiger partial charge on any atom is 0.253 e. The third-order valence-corrected chi connectivity index (χ3v) is 4.43. The summed E-state index contributed by atoms with van der Waals surface area (Å²) in [7, 11) is 1.64. The van der Waals surface area contributed by atoms with Crippen molar-refractivity contribution in [3.05, 3.63) is 29.8 Å². The third-order valence-electron chi connectivity index (χ3n) is 4.43. The number of carbonyl (C=O) groups is 1. The molecule has 1 aliphatic carbocycles. The van der Waals surface area contributed by atoms with Gasteiger partial charge >= 0.3 is 0 Å². The van der Waals surface area contributed by atoms with E-state index >= 15 is 0 Å². The molecule has 114 valence electrons. The molecule has 0 unspecified atom stereocenters. The van der Waals surface area contributed by atoms with Gasteiger partial charge in [0.25, 0.3) is 5.91 Å². The number of hydrogen-bond donors (Lipinski definition) is 0. The van der Waals surface area contributed by atoms with E-state index in [-0.39, 0.29) is 5.91 Å². The minimum atomic E-state index is 0.144. The molecule has 0 spiro atoms. The molecule has 0 atom stereocenters. The molecular weight excluding hydrogens is 264 g/mol. The van der Waals surface area contributed by atoms with Gasteiger partial charge in [0, 0.05) is 31.7 Å². The molecule has 0 aromatic heterocycles. The van der Waals surface area contributed by atoms with Crippen molar-refractivity contribution < 1.29 is 9.53 Å². The van der Waals surface area contributed by atoms with Crippen LogP contribution < -0.4 is 4.74 Å². The number of hydrogen-bond acceptors (Lipinski definition) is 3. The van der Waals surface area contributed by atoms with Crippen LogP contribution in [0.1, 0.15) is 29.6 Å². The Balaban J connectivity index is 1.58. The van der Waals surface area contributed by atoms with Gasteiger partial charge in [-0.1, -0.05) is 0 Å². The predicted molar refractivity (Wildman–Crippen MR) is 82.7 cm³/mol. The van der Waals surface area contributed by atoms with E-state index in [4.69, 9.17) is 4.74 Å². The first-order chi connectivity index (χ1) is 10.3. The Labute approximate surface area is 126 Å². The standard InChI is InChI=1S/C17H24N2O2/c1-21-16-7-5-15(6-8-16)17(20)19-10-2-9-18(11-12-19)13-14-3-4-14/h5-8,14H,2-4,9-13H2,1H3. The minimum absolute atomic E-state index is 0.144. The second-order valence-corrected chi connectivity index (χ2v) is 6.12. The van der Waals surface area contributed by atoms with Crippen molar-refractivity contribution in [1.82, 2.24) is 9.80 Å². The van der Waals surface area contributed by atoms with Gasteiger partial charge in [0.05, 0.1) is 7.11 Å². The number of methoxy groups -OCH3 is 1. The number of carbonyl (C=O) groups excluding carboxylic acids is 1. The molecule has 1 aromatic rings. The maximum atomic E-state index is 12.6. The number of benzene rings is 1. The number of amides is 1. The quantitative estimate of drug-likeness (QED) is 0.852. The highest BCUT2D eigenvalue weighted by Gasteiger charge is 2.26. The summed E-state index contributed by atoms with van der Waals surface area (Å²) in [6, 6.07) is 7.41. The molecule has 1 amide bonds. The Hall–Kier alpha value is -1.55. The molecule has 0 bridgehead atoms. The summed E-state index contributed by atoms with van der Waals surface area (Å²) in [6.45, 7) is 5.08. The average molecular weight is 288 g/mol. The van der Waals surface area contributed by atoms with Gasteiger partial charge in [-0.05, 0) is 56.0 Å². The summed E-state index contributed by atoms with van der Waals surface area (Å²) in [6.07, 6.45) is 3.87. The zero-order valence-electron chi connectivity index (χ0n) is 12.8. The van der Waals surface area contributed by atoms with Gasteiger partial charge < -0.3 is 14.5 Å². The monoisotopic (exact) mass is 288 g/mol. The molecule has 4 heteroatoms. The molecule has 1 saturated heterocycles. The zero-order valence-corrected chi connectivity index (χ0v) is 12.8.